The van der Waals surface area contributed by atoms with Crippen LogP contribution in [0.5, 0.6) is 0 Å². The molecule has 1 aromatic rings. The Kier molecular flexibility index (Phi) is 4.39. The molecule has 0 amide bonds. The van der Waals surface area contributed by atoms with E-state index < -0.39 is 0 Å². The SMILES string of the molecule is Cc1ccccc1C1CN(C2CCCCC2O)CCO1. The topological polar surface area (TPSA) is 32.7 Å². The second-order valence-electron chi connectivity index (χ2n) is 6.13. The molecule has 1 saturated carbocycles. The number of aryl methyl sites for hydroxylation is 1. The summed E-state index contributed by atoms with van der Waals surface area (Å²) in [5.41, 5.74) is 2.59. The second kappa shape index (κ2) is 6.25. The van der Waals surface area contributed by atoms with Crippen LogP contribution in [-0.4, -0.2) is 41.8 Å². The molecule has 2 aliphatic rings. The smallest absolute Gasteiger partial charge is 0.0955 e. The highest BCUT2D eigenvalue weighted by Gasteiger charge is 2.33. The molecule has 1 aliphatic heterocycles. The molecule has 3 heteroatoms. The van der Waals surface area contributed by atoms with Crippen molar-refractivity contribution < 1.29 is 9.84 Å². The van der Waals surface area contributed by atoms with Crippen LogP contribution < -0.4 is 0 Å². The van der Waals surface area contributed by atoms with E-state index in [1.807, 2.05) is 0 Å². The van der Waals surface area contributed by atoms with E-state index in [0.717, 1.165) is 32.5 Å². The van der Waals surface area contributed by atoms with Crippen molar-refractivity contribution in [1.29, 1.82) is 0 Å². The van der Waals surface area contributed by atoms with Crippen LogP contribution in [-0.2, 0) is 4.74 Å². The fourth-order valence-corrected chi connectivity index (χ4v) is 3.62. The van der Waals surface area contributed by atoms with Crippen LogP contribution in [0.1, 0.15) is 42.9 Å². The predicted octanol–water partition coefficient (Wildman–Crippen LogP) is 2.67. The van der Waals surface area contributed by atoms with Gasteiger partial charge in [0, 0.05) is 19.1 Å². The normalized spacial score (nSPS) is 32.2. The Morgan fingerprint density at radius 3 is 2.80 bits per heavy atom. The van der Waals surface area contributed by atoms with E-state index in [2.05, 4.69) is 36.1 Å². The number of hydrogen-bond donors (Lipinski definition) is 1. The quantitative estimate of drug-likeness (QED) is 0.900. The number of morpholine rings is 1. The summed E-state index contributed by atoms with van der Waals surface area (Å²) in [4.78, 5) is 2.45. The number of hydrogen-bond acceptors (Lipinski definition) is 3. The molecule has 3 rings (SSSR count). The van der Waals surface area contributed by atoms with Gasteiger partial charge in [-0.05, 0) is 30.9 Å². The van der Waals surface area contributed by atoms with Crippen molar-refractivity contribution in [3.05, 3.63) is 35.4 Å². The first-order valence-corrected chi connectivity index (χ1v) is 7.85. The molecular formula is C17H25NO2. The van der Waals surface area contributed by atoms with Gasteiger partial charge >= 0.3 is 0 Å². The van der Waals surface area contributed by atoms with E-state index in [0.29, 0.717) is 6.04 Å². The largest absolute Gasteiger partial charge is 0.391 e. The molecule has 0 bridgehead atoms. The van der Waals surface area contributed by atoms with Gasteiger partial charge in [0.1, 0.15) is 0 Å². The van der Waals surface area contributed by atoms with Crippen molar-refractivity contribution >= 4 is 0 Å². The standard InChI is InChI=1S/C17H25NO2/c1-13-6-2-3-7-14(13)17-12-18(10-11-20-17)15-8-4-5-9-16(15)19/h2-3,6-7,15-17,19H,4-5,8-12H2,1H3. The van der Waals surface area contributed by atoms with Gasteiger partial charge in [0.25, 0.3) is 0 Å². The highest BCUT2D eigenvalue weighted by Crippen LogP contribution is 2.30. The predicted molar refractivity (Wildman–Crippen MR) is 79.7 cm³/mol. The van der Waals surface area contributed by atoms with Gasteiger partial charge in [0.2, 0.25) is 0 Å². The average Bonchev–Trinajstić information content (AvgIpc) is 2.48. The highest BCUT2D eigenvalue weighted by atomic mass is 16.5. The molecule has 0 radical (unpaired) electrons. The Bertz CT molecular complexity index is 448. The molecule has 3 atom stereocenters. The van der Waals surface area contributed by atoms with Crippen molar-refractivity contribution in [2.75, 3.05) is 19.7 Å². The maximum Gasteiger partial charge on any atom is 0.0955 e. The first-order chi connectivity index (χ1) is 9.75. The van der Waals surface area contributed by atoms with E-state index in [1.54, 1.807) is 0 Å². The van der Waals surface area contributed by atoms with E-state index in [9.17, 15) is 5.11 Å². The number of aliphatic hydroxyl groups excluding tert-OH is 1. The van der Waals surface area contributed by atoms with E-state index in [-0.39, 0.29) is 12.2 Å². The lowest BCUT2D eigenvalue weighted by Gasteiger charge is -2.42. The first-order valence-electron chi connectivity index (χ1n) is 7.85. The molecule has 3 unspecified atom stereocenters. The Morgan fingerprint density at radius 2 is 2.00 bits per heavy atom. The third-order valence-corrected chi connectivity index (χ3v) is 4.80. The maximum atomic E-state index is 10.3. The Labute approximate surface area is 121 Å². The Hall–Kier alpha value is -0.900. The monoisotopic (exact) mass is 275 g/mol. The van der Waals surface area contributed by atoms with Gasteiger partial charge < -0.3 is 9.84 Å². The van der Waals surface area contributed by atoms with Gasteiger partial charge in [-0.1, -0.05) is 37.1 Å². The van der Waals surface area contributed by atoms with Crippen LogP contribution in [0.4, 0.5) is 0 Å². The number of nitrogens with zero attached hydrogens (tertiary/aromatic N) is 1. The molecule has 1 aromatic carbocycles. The van der Waals surface area contributed by atoms with Crippen LogP contribution in [0.3, 0.4) is 0 Å². The molecule has 3 nitrogen and oxygen atoms in total. The molecule has 1 aliphatic carbocycles. The summed E-state index contributed by atoms with van der Waals surface area (Å²) in [5.74, 6) is 0. The van der Waals surface area contributed by atoms with Crippen LogP contribution in [0, 0.1) is 6.92 Å². The van der Waals surface area contributed by atoms with Crippen molar-refractivity contribution in [1.82, 2.24) is 4.90 Å². The third kappa shape index (κ3) is 2.90. The van der Waals surface area contributed by atoms with Crippen molar-refractivity contribution in [3.63, 3.8) is 0 Å². The molecule has 1 N–H and O–H groups in total. The molecule has 20 heavy (non-hydrogen) atoms. The molecule has 110 valence electrons. The minimum atomic E-state index is -0.153. The Morgan fingerprint density at radius 1 is 1.20 bits per heavy atom. The second-order valence-corrected chi connectivity index (χ2v) is 6.13. The van der Waals surface area contributed by atoms with Crippen LogP contribution >= 0.6 is 0 Å². The third-order valence-electron chi connectivity index (χ3n) is 4.80. The number of benzene rings is 1. The van der Waals surface area contributed by atoms with Gasteiger partial charge in [0.15, 0.2) is 0 Å². The Balaban J connectivity index is 1.72. The molecular weight excluding hydrogens is 250 g/mol. The lowest BCUT2D eigenvalue weighted by molar-refractivity contribution is -0.0750. The minimum Gasteiger partial charge on any atom is -0.391 e. The minimum absolute atomic E-state index is 0.152. The highest BCUT2D eigenvalue weighted by molar-refractivity contribution is 5.28. The van der Waals surface area contributed by atoms with Crippen LogP contribution in [0.2, 0.25) is 0 Å². The molecule has 2 fully saturated rings. The van der Waals surface area contributed by atoms with Gasteiger partial charge in [-0.3, -0.25) is 4.90 Å². The zero-order valence-corrected chi connectivity index (χ0v) is 12.3. The van der Waals surface area contributed by atoms with Crippen molar-refractivity contribution in [2.45, 2.75) is 50.9 Å². The van der Waals surface area contributed by atoms with E-state index in [1.165, 1.54) is 24.0 Å². The summed E-state index contributed by atoms with van der Waals surface area (Å²) in [5, 5.41) is 10.3. The summed E-state index contributed by atoms with van der Waals surface area (Å²) in [6.07, 6.45) is 4.49. The fourth-order valence-electron chi connectivity index (χ4n) is 3.62. The summed E-state index contributed by atoms with van der Waals surface area (Å²) >= 11 is 0. The summed E-state index contributed by atoms with van der Waals surface area (Å²) < 4.78 is 5.98. The molecule has 0 aromatic heterocycles. The average molecular weight is 275 g/mol. The zero-order chi connectivity index (χ0) is 13.9. The molecule has 1 heterocycles. The fraction of sp³-hybridized carbons (Fsp3) is 0.647. The zero-order valence-electron chi connectivity index (χ0n) is 12.3. The van der Waals surface area contributed by atoms with Gasteiger partial charge in [-0.25, -0.2) is 0 Å². The number of ether oxygens (including phenoxy) is 1. The van der Waals surface area contributed by atoms with E-state index >= 15 is 0 Å². The summed E-state index contributed by atoms with van der Waals surface area (Å²) in [6, 6.07) is 8.80. The number of rotatable bonds is 2. The first kappa shape index (κ1) is 14.1. The summed E-state index contributed by atoms with van der Waals surface area (Å²) in [6.45, 7) is 4.77. The van der Waals surface area contributed by atoms with Crippen molar-refractivity contribution in [3.8, 4) is 0 Å². The van der Waals surface area contributed by atoms with Gasteiger partial charge in [-0.15, -0.1) is 0 Å². The maximum absolute atomic E-state index is 10.3. The van der Waals surface area contributed by atoms with Crippen LogP contribution in [0.15, 0.2) is 24.3 Å². The number of aliphatic hydroxyl groups is 1. The summed E-state index contributed by atoms with van der Waals surface area (Å²) in [7, 11) is 0. The molecule has 0 spiro atoms. The lowest BCUT2D eigenvalue weighted by atomic mass is 9.90. The van der Waals surface area contributed by atoms with Crippen LogP contribution in [0.25, 0.3) is 0 Å². The van der Waals surface area contributed by atoms with Gasteiger partial charge in [0.05, 0.1) is 18.8 Å². The lowest BCUT2D eigenvalue weighted by Crippen LogP contribution is -2.51. The van der Waals surface area contributed by atoms with Crippen molar-refractivity contribution in [2.24, 2.45) is 0 Å². The molecule has 1 saturated heterocycles. The van der Waals surface area contributed by atoms with E-state index in [4.69, 9.17) is 4.74 Å². The van der Waals surface area contributed by atoms with Gasteiger partial charge in [-0.2, -0.15) is 0 Å².